The van der Waals surface area contributed by atoms with Crippen LogP contribution in [-0.4, -0.2) is 45.0 Å². The molecule has 1 rings (SSSR count). The van der Waals surface area contributed by atoms with Crippen molar-refractivity contribution in [2.75, 3.05) is 21.3 Å². The highest BCUT2D eigenvalue weighted by Crippen LogP contribution is 2.24. The third-order valence-corrected chi connectivity index (χ3v) is 2.15. The number of ketones is 1. The molecule has 0 spiro atoms. The number of methoxy groups -OCH3 is 3. The molecule has 0 N–H and O–H groups in total. The summed E-state index contributed by atoms with van der Waals surface area (Å²) in [6.07, 6.45) is 0. The Morgan fingerprint density at radius 2 is 1.72 bits per heavy atom. The zero-order valence-corrected chi connectivity index (χ0v) is 9.84. The van der Waals surface area contributed by atoms with Crippen molar-refractivity contribution in [3.63, 3.8) is 0 Å². The summed E-state index contributed by atoms with van der Waals surface area (Å²) in [6, 6.07) is 0. The second-order valence-corrected chi connectivity index (χ2v) is 3.10. The summed E-state index contributed by atoms with van der Waals surface area (Å²) in [5, 5.41) is 0. The lowest BCUT2D eigenvalue weighted by Crippen LogP contribution is -2.41. The Morgan fingerprint density at radius 3 is 2.17 bits per heavy atom. The maximum Gasteiger partial charge on any atom is 0.348 e. The van der Waals surface area contributed by atoms with Gasteiger partial charge in [0.1, 0.15) is 0 Å². The van der Waals surface area contributed by atoms with Crippen LogP contribution < -0.4 is 0 Å². The molecule has 0 aromatic rings. The molecule has 0 aromatic carbocycles. The van der Waals surface area contributed by atoms with Gasteiger partial charge in [0.05, 0.1) is 21.3 Å². The van der Waals surface area contributed by atoms with Crippen LogP contribution in [0.4, 0.5) is 0 Å². The highest BCUT2D eigenvalue weighted by molar-refractivity contribution is 6.30. The molecule has 1 atom stereocenters. The van der Waals surface area contributed by atoms with E-state index in [2.05, 4.69) is 18.9 Å². The molecule has 0 aliphatic carbocycles. The zero-order valence-electron chi connectivity index (χ0n) is 9.84. The molecular formula is C10H10O8. The van der Waals surface area contributed by atoms with Gasteiger partial charge in [-0.25, -0.2) is 4.79 Å². The molecule has 0 fully saturated rings. The van der Waals surface area contributed by atoms with Gasteiger partial charge < -0.3 is 18.9 Å². The Balaban J connectivity index is 3.26. The standard InChI is InChI=1S/C10H10O8/c1-15-7(12)4-6(11)5(8(13)16-2)10(17-3)18-9(4)14/h4H,1-3H3/t4-/m0/s1. The minimum Gasteiger partial charge on any atom is -0.468 e. The van der Waals surface area contributed by atoms with E-state index in [1.54, 1.807) is 0 Å². The first kappa shape index (κ1) is 13.7. The molecule has 0 unspecified atom stereocenters. The lowest BCUT2D eigenvalue weighted by molar-refractivity contribution is -0.165. The van der Waals surface area contributed by atoms with E-state index >= 15 is 0 Å². The molecule has 0 bridgehead atoms. The number of ether oxygens (including phenoxy) is 4. The Morgan fingerprint density at radius 1 is 1.11 bits per heavy atom. The van der Waals surface area contributed by atoms with E-state index in [4.69, 9.17) is 0 Å². The third kappa shape index (κ3) is 2.17. The average Bonchev–Trinajstić information content (AvgIpc) is 2.36. The topological polar surface area (TPSA) is 105 Å². The van der Waals surface area contributed by atoms with E-state index in [1.807, 2.05) is 0 Å². The number of esters is 3. The molecule has 0 saturated heterocycles. The van der Waals surface area contributed by atoms with Crippen molar-refractivity contribution in [2.45, 2.75) is 0 Å². The van der Waals surface area contributed by atoms with Crippen LogP contribution in [0.1, 0.15) is 0 Å². The Kier molecular flexibility index (Phi) is 4.03. The Bertz CT molecular complexity index is 447. The smallest absolute Gasteiger partial charge is 0.348 e. The van der Waals surface area contributed by atoms with E-state index in [0.29, 0.717) is 0 Å². The molecule has 1 heterocycles. The van der Waals surface area contributed by atoms with Gasteiger partial charge in [-0.1, -0.05) is 0 Å². The van der Waals surface area contributed by atoms with Crippen molar-refractivity contribution >= 4 is 23.7 Å². The van der Waals surface area contributed by atoms with Crippen molar-refractivity contribution in [1.82, 2.24) is 0 Å². The van der Waals surface area contributed by atoms with E-state index in [0.717, 1.165) is 21.3 Å². The number of Topliss-reactive ketones (excluding diaryl/α,β-unsaturated/α-hetero) is 1. The second-order valence-electron chi connectivity index (χ2n) is 3.10. The Labute approximate surface area is 101 Å². The van der Waals surface area contributed by atoms with Crippen molar-refractivity contribution in [3.05, 3.63) is 11.5 Å². The van der Waals surface area contributed by atoms with Gasteiger partial charge in [0.15, 0.2) is 5.57 Å². The fourth-order valence-electron chi connectivity index (χ4n) is 1.30. The highest BCUT2D eigenvalue weighted by atomic mass is 16.7. The lowest BCUT2D eigenvalue weighted by atomic mass is 9.96. The van der Waals surface area contributed by atoms with Crippen LogP contribution in [0.3, 0.4) is 0 Å². The number of hydrogen-bond acceptors (Lipinski definition) is 8. The number of rotatable bonds is 3. The predicted octanol–water partition coefficient (Wildman–Crippen LogP) is -1.07. The minimum absolute atomic E-state index is 0.600. The molecule has 8 heteroatoms. The SMILES string of the molecule is COC(=O)C1=C(OC)OC(=O)[C@H](C(=O)OC)C1=O. The van der Waals surface area contributed by atoms with Crippen LogP contribution in [0.5, 0.6) is 0 Å². The van der Waals surface area contributed by atoms with E-state index in [-0.39, 0.29) is 0 Å². The first-order valence-electron chi connectivity index (χ1n) is 4.68. The Hall–Kier alpha value is -2.38. The van der Waals surface area contributed by atoms with Gasteiger partial charge in [-0.05, 0) is 0 Å². The molecule has 0 amide bonds. The summed E-state index contributed by atoms with van der Waals surface area (Å²) in [5.41, 5.74) is -0.644. The molecule has 8 nitrogen and oxygen atoms in total. The zero-order chi connectivity index (χ0) is 13.9. The first-order chi connectivity index (χ1) is 8.47. The summed E-state index contributed by atoms with van der Waals surface area (Å²) in [5.74, 6) is -6.89. The molecule has 0 saturated carbocycles. The number of cyclic esters (lactones) is 1. The lowest BCUT2D eigenvalue weighted by Gasteiger charge is -2.20. The third-order valence-electron chi connectivity index (χ3n) is 2.15. The summed E-state index contributed by atoms with van der Waals surface area (Å²) in [4.78, 5) is 46.0. The van der Waals surface area contributed by atoms with Crippen molar-refractivity contribution in [2.24, 2.45) is 5.92 Å². The summed E-state index contributed by atoms with van der Waals surface area (Å²) in [6.45, 7) is 0. The van der Waals surface area contributed by atoms with Gasteiger partial charge in [-0.3, -0.25) is 14.4 Å². The van der Waals surface area contributed by atoms with Gasteiger partial charge in [0, 0.05) is 0 Å². The maximum atomic E-state index is 11.9. The fourth-order valence-corrected chi connectivity index (χ4v) is 1.30. The fraction of sp³-hybridized carbons (Fsp3) is 0.400. The number of hydrogen-bond donors (Lipinski definition) is 0. The predicted molar refractivity (Wildman–Crippen MR) is 52.7 cm³/mol. The second kappa shape index (κ2) is 5.30. The van der Waals surface area contributed by atoms with E-state index < -0.39 is 41.1 Å². The van der Waals surface area contributed by atoms with Crippen molar-refractivity contribution in [3.8, 4) is 0 Å². The van der Waals surface area contributed by atoms with Gasteiger partial charge in [-0.15, -0.1) is 0 Å². The average molecular weight is 258 g/mol. The quantitative estimate of drug-likeness (QED) is 0.273. The van der Waals surface area contributed by atoms with Crippen LogP contribution in [0.15, 0.2) is 11.5 Å². The van der Waals surface area contributed by atoms with Crippen LogP contribution in [0, 0.1) is 5.92 Å². The normalized spacial score (nSPS) is 19.2. The molecule has 0 radical (unpaired) electrons. The van der Waals surface area contributed by atoms with Crippen molar-refractivity contribution < 1.29 is 38.1 Å². The van der Waals surface area contributed by atoms with Crippen LogP contribution >= 0.6 is 0 Å². The molecule has 1 aliphatic rings. The number of carbonyl (C=O) groups excluding carboxylic acids is 4. The summed E-state index contributed by atoms with van der Waals surface area (Å²) < 4.78 is 17.8. The molecule has 0 aromatic heterocycles. The molecule has 1 aliphatic heterocycles. The minimum atomic E-state index is -1.84. The molecule has 98 valence electrons. The van der Waals surface area contributed by atoms with Gasteiger partial charge in [-0.2, -0.15) is 0 Å². The summed E-state index contributed by atoms with van der Waals surface area (Å²) in [7, 11) is 3.12. The van der Waals surface area contributed by atoms with Gasteiger partial charge >= 0.3 is 23.9 Å². The molecular weight excluding hydrogens is 248 g/mol. The summed E-state index contributed by atoms with van der Waals surface area (Å²) >= 11 is 0. The van der Waals surface area contributed by atoms with Gasteiger partial charge in [0.25, 0.3) is 0 Å². The number of carbonyl (C=O) groups is 4. The maximum absolute atomic E-state index is 11.9. The van der Waals surface area contributed by atoms with Crippen LogP contribution in [0.2, 0.25) is 0 Å². The first-order valence-corrected chi connectivity index (χ1v) is 4.68. The largest absolute Gasteiger partial charge is 0.468 e. The molecule has 18 heavy (non-hydrogen) atoms. The van der Waals surface area contributed by atoms with Crippen molar-refractivity contribution in [1.29, 1.82) is 0 Å². The van der Waals surface area contributed by atoms with Crippen LogP contribution in [-0.2, 0) is 38.1 Å². The monoisotopic (exact) mass is 258 g/mol. The van der Waals surface area contributed by atoms with E-state index in [9.17, 15) is 19.2 Å². The van der Waals surface area contributed by atoms with Crippen LogP contribution in [0.25, 0.3) is 0 Å². The van der Waals surface area contributed by atoms with E-state index in [1.165, 1.54) is 0 Å². The van der Waals surface area contributed by atoms with Gasteiger partial charge in [0.2, 0.25) is 11.7 Å². The highest BCUT2D eigenvalue weighted by Gasteiger charge is 2.47.